The second kappa shape index (κ2) is 4.52. The van der Waals surface area contributed by atoms with Gasteiger partial charge in [0.25, 0.3) is 0 Å². The van der Waals surface area contributed by atoms with Crippen LogP contribution < -0.4 is 10.1 Å². The lowest BCUT2D eigenvalue weighted by Gasteiger charge is -2.06. The molecule has 5 nitrogen and oxygen atoms in total. The molecule has 2 rings (SSSR count). The molecule has 16 heavy (non-hydrogen) atoms. The minimum Gasteiger partial charge on any atom is -0.497 e. The third kappa shape index (κ3) is 2.33. The predicted octanol–water partition coefficient (Wildman–Crippen LogP) is 2.33. The molecule has 2 aromatic rings. The summed E-state index contributed by atoms with van der Waals surface area (Å²) in [5.74, 6) is 1.46. The van der Waals surface area contributed by atoms with Gasteiger partial charge < -0.3 is 10.1 Å². The van der Waals surface area contributed by atoms with Crippen LogP contribution in [-0.4, -0.2) is 21.9 Å². The van der Waals surface area contributed by atoms with E-state index >= 15 is 0 Å². The largest absolute Gasteiger partial charge is 0.497 e. The van der Waals surface area contributed by atoms with Crippen LogP contribution in [-0.2, 0) is 7.05 Å². The first-order valence-corrected chi connectivity index (χ1v) is 5.46. The fourth-order valence-electron chi connectivity index (χ4n) is 1.29. The maximum absolute atomic E-state index is 5.14. The monoisotopic (exact) mass is 282 g/mol. The number of aryl methyl sites for hydroxylation is 1. The maximum atomic E-state index is 5.14. The summed E-state index contributed by atoms with van der Waals surface area (Å²) >= 11 is 3.22. The van der Waals surface area contributed by atoms with E-state index in [9.17, 15) is 0 Å². The summed E-state index contributed by atoms with van der Waals surface area (Å²) in [6.45, 7) is 0. The van der Waals surface area contributed by atoms with E-state index in [2.05, 4.69) is 31.3 Å². The van der Waals surface area contributed by atoms with Gasteiger partial charge in [-0.05, 0) is 28.1 Å². The van der Waals surface area contributed by atoms with Crippen LogP contribution in [0, 0.1) is 0 Å². The Balaban J connectivity index is 2.23. The van der Waals surface area contributed by atoms with Gasteiger partial charge in [-0.1, -0.05) is 6.07 Å². The van der Waals surface area contributed by atoms with E-state index in [4.69, 9.17) is 4.74 Å². The number of halogens is 1. The SMILES string of the molecule is COc1cccc(Nc2nc(Br)nn2C)c1. The number of nitrogens with zero attached hydrogens (tertiary/aromatic N) is 3. The van der Waals surface area contributed by atoms with Crippen LogP contribution in [0.25, 0.3) is 0 Å². The molecule has 6 heteroatoms. The molecule has 0 radical (unpaired) electrons. The number of aromatic nitrogens is 3. The number of ether oxygens (including phenoxy) is 1. The molecule has 0 fully saturated rings. The van der Waals surface area contributed by atoms with E-state index in [1.54, 1.807) is 11.8 Å². The first kappa shape index (κ1) is 10.9. The Morgan fingerprint density at radius 1 is 1.44 bits per heavy atom. The molecule has 1 aromatic carbocycles. The van der Waals surface area contributed by atoms with Crippen molar-refractivity contribution in [2.45, 2.75) is 0 Å². The smallest absolute Gasteiger partial charge is 0.226 e. The lowest BCUT2D eigenvalue weighted by molar-refractivity contribution is 0.415. The summed E-state index contributed by atoms with van der Waals surface area (Å²) in [6.07, 6.45) is 0. The Morgan fingerprint density at radius 3 is 2.88 bits per heavy atom. The second-order valence-corrected chi connectivity index (χ2v) is 3.89. The van der Waals surface area contributed by atoms with Gasteiger partial charge in [-0.3, -0.25) is 0 Å². The molecule has 0 aliphatic rings. The highest BCUT2D eigenvalue weighted by Gasteiger charge is 2.05. The zero-order valence-electron chi connectivity index (χ0n) is 8.94. The van der Waals surface area contributed by atoms with Gasteiger partial charge >= 0.3 is 0 Å². The zero-order chi connectivity index (χ0) is 11.5. The van der Waals surface area contributed by atoms with Crippen LogP contribution >= 0.6 is 15.9 Å². The first-order chi connectivity index (χ1) is 7.69. The van der Waals surface area contributed by atoms with Gasteiger partial charge in [0.05, 0.1) is 7.11 Å². The summed E-state index contributed by atoms with van der Waals surface area (Å²) < 4.78 is 7.35. The van der Waals surface area contributed by atoms with E-state index < -0.39 is 0 Å². The molecule has 0 spiro atoms. The number of rotatable bonds is 3. The average Bonchev–Trinajstić information content (AvgIpc) is 2.58. The zero-order valence-corrected chi connectivity index (χ0v) is 10.5. The molecule has 0 aliphatic carbocycles. The van der Waals surface area contributed by atoms with Gasteiger partial charge in [0.15, 0.2) is 0 Å². The molecular weight excluding hydrogens is 272 g/mol. The normalized spacial score (nSPS) is 10.2. The van der Waals surface area contributed by atoms with Crippen LogP contribution in [0.4, 0.5) is 11.6 Å². The molecule has 84 valence electrons. The van der Waals surface area contributed by atoms with Crippen molar-refractivity contribution in [1.29, 1.82) is 0 Å². The van der Waals surface area contributed by atoms with Gasteiger partial charge in [-0.25, -0.2) is 4.68 Å². The lowest BCUT2D eigenvalue weighted by atomic mass is 10.3. The first-order valence-electron chi connectivity index (χ1n) is 4.66. The van der Waals surface area contributed by atoms with Gasteiger partial charge in [-0.15, -0.1) is 5.10 Å². The average molecular weight is 283 g/mol. The van der Waals surface area contributed by atoms with Crippen molar-refractivity contribution in [3.8, 4) is 5.75 Å². The number of anilines is 2. The van der Waals surface area contributed by atoms with Gasteiger partial charge in [0.2, 0.25) is 10.7 Å². The van der Waals surface area contributed by atoms with Crippen molar-refractivity contribution >= 4 is 27.6 Å². The Kier molecular flexibility index (Phi) is 3.09. The molecule has 0 saturated heterocycles. The third-order valence-corrected chi connectivity index (χ3v) is 2.40. The van der Waals surface area contributed by atoms with E-state index in [1.807, 2.05) is 31.3 Å². The molecule has 0 amide bonds. The Hall–Kier alpha value is -1.56. The highest BCUT2D eigenvalue weighted by Crippen LogP contribution is 2.20. The number of hydrogen-bond donors (Lipinski definition) is 1. The van der Waals surface area contributed by atoms with Crippen LogP contribution in [0.5, 0.6) is 5.75 Å². The maximum Gasteiger partial charge on any atom is 0.226 e. The van der Waals surface area contributed by atoms with Crippen molar-refractivity contribution < 1.29 is 4.74 Å². The molecule has 1 N–H and O–H groups in total. The van der Waals surface area contributed by atoms with Crippen molar-refractivity contribution in [2.75, 3.05) is 12.4 Å². The summed E-state index contributed by atoms with van der Waals surface area (Å²) in [6, 6.07) is 7.62. The quantitative estimate of drug-likeness (QED) is 0.939. The lowest BCUT2D eigenvalue weighted by Crippen LogP contribution is -2.00. The van der Waals surface area contributed by atoms with Crippen molar-refractivity contribution in [3.05, 3.63) is 29.0 Å². The summed E-state index contributed by atoms with van der Waals surface area (Å²) in [7, 11) is 3.46. The predicted molar refractivity (Wildman–Crippen MR) is 65.0 cm³/mol. The van der Waals surface area contributed by atoms with Crippen molar-refractivity contribution in [2.24, 2.45) is 7.05 Å². The molecule has 0 bridgehead atoms. The number of hydrogen-bond acceptors (Lipinski definition) is 4. The molecule has 0 atom stereocenters. The van der Waals surface area contributed by atoms with Crippen LogP contribution in [0.3, 0.4) is 0 Å². The van der Waals surface area contributed by atoms with Gasteiger partial charge in [0.1, 0.15) is 5.75 Å². The molecular formula is C10H11BrN4O. The minimum atomic E-state index is 0.556. The minimum absolute atomic E-state index is 0.556. The number of nitrogens with one attached hydrogen (secondary N) is 1. The van der Waals surface area contributed by atoms with Gasteiger partial charge in [0, 0.05) is 18.8 Å². The summed E-state index contributed by atoms with van der Waals surface area (Å²) in [5.41, 5.74) is 0.905. The Morgan fingerprint density at radius 2 is 2.25 bits per heavy atom. The van der Waals surface area contributed by atoms with E-state index in [0.29, 0.717) is 10.7 Å². The molecule has 1 aromatic heterocycles. The fourth-order valence-corrected chi connectivity index (χ4v) is 1.70. The van der Waals surface area contributed by atoms with Crippen molar-refractivity contribution in [3.63, 3.8) is 0 Å². The molecule has 0 saturated carbocycles. The summed E-state index contributed by atoms with van der Waals surface area (Å²) in [5, 5.41) is 7.23. The second-order valence-electron chi connectivity index (χ2n) is 3.19. The van der Waals surface area contributed by atoms with Crippen LogP contribution in [0.1, 0.15) is 0 Å². The van der Waals surface area contributed by atoms with E-state index in [-0.39, 0.29) is 0 Å². The van der Waals surface area contributed by atoms with E-state index in [0.717, 1.165) is 11.4 Å². The standard InChI is InChI=1S/C10H11BrN4O/c1-15-10(13-9(11)14-15)12-7-4-3-5-8(6-7)16-2/h3-6H,1-2H3,(H,12,13,14). The third-order valence-electron chi connectivity index (χ3n) is 2.06. The van der Waals surface area contributed by atoms with Crippen LogP contribution in [0.2, 0.25) is 0 Å². The van der Waals surface area contributed by atoms with Crippen molar-refractivity contribution in [1.82, 2.24) is 14.8 Å². The number of benzene rings is 1. The summed E-state index contributed by atoms with van der Waals surface area (Å²) in [4.78, 5) is 4.18. The Bertz CT molecular complexity index is 497. The fraction of sp³-hybridized carbons (Fsp3) is 0.200. The molecule has 0 unspecified atom stereocenters. The highest BCUT2D eigenvalue weighted by atomic mass is 79.9. The highest BCUT2D eigenvalue weighted by molar-refractivity contribution is 9.10. The Labute approximate surface area is 102 Å². The molecule has 1 heterocycles. The van der Waals surface area contributed by atoms with E-state index in [1.165, 1.54) is 0 Å². The number of methoxy groups -OCH3 is 1. The van der Waals surface area contributed by atoms with Gasteiger partial charge in [-0.2, -0.15) is 4.98 Å². The molecule has 0 aliphatic heterocycles. The topological polar surface area (TPSA) is 52.0 Å². The van der Waals surface area contributed by atoms with Crippen LogP contribution in [0.15, 0.2) is 29.0 Å².